The van der Waals surface area contributed by atoms with Crippen molar-refractivity contribution in [1.29, 1.82) is 0 Å². The summed E-state index contributed by atoms with van der Waals surface area (Å²) in [6, 6.07) is 74.1. The molecule has 0 unspecified atom stereocenters. The summed E-state index contributed by atoms with van der Waals surface area (Å²) in [6.07, 6.45) is 0. The van der Waals surface area contributed by atoms with E-state index in [4.69, 9.17) is 29.9 Å². The van der Waals surface area contributed by atoms with E-state index in [-0.39, 0.29) is 5.41 Å². The van der Waals surface area contributed by atoms with Crippen molar-refractivity contribution in [2.24, 2.45) is 0 Å². The Morgan fingerprint density at radius 2 is 0.544 bits per heavy atom. The van der Waals surface area contributed by atoms with E-state index in [0.29, 0.717) is 34.9 Å². The average Bonchev–Trinajstić information content (AvgIpc) is 3.40. The maximum absolute atomic E-state index is 5.02. The lowest BCUT2D eigenvalue weighted by Crippen LogP contribution is -2.10. The summed E-state index contributed by atoms with van der Waals surface area (Å²) in [5, 5.41) is 7.45. The molecule has 0 aliphatic heterocycles. The monoisotopic (exact) mass is 872 g/mol. The Labute approximate surface area is 395 Å². The molecule has 0 bridgehead atoms. The Morgan fingerprint density at radius 3 is 0.838 bits per heavy atom. The molecule has 0 fully saturated rings. The molecule has 68 heavy (non-hydrogen) atoms. The van der Waals surface area contributed by atoms with Crippen LogP contribution in [0.25, 0.3) is 123 Å². The number of hydrogen-bond donors (Lipinski definition) is 0. The maximum atomic E-state index is 5.02. The van der Waals surface area contributed by atoms with Gasteiger partial charge in [-0.05, 0) is 71.6 Å². The lowest BCUT2D eigenvalue weighted by molar-refractivity contribution is 0.591. The van der Waals surface area contributed by atoms with Crippen molar-refractivity contribution in [3.05, 3.63) is 218 Å². The lowest BCUT2D eigenvalue weighted by Gasteiger charge is -2.23. The average molecular weight is 873 g/mol. The highest BCUT2D eigenvalue weighted by Gasteiger charge is 2.21. The molecule has 6 nitrogen and oxygen atoms in total. The van der Waals surface area contributed by atoms with Crippen LogP contribution in [0.1, 0.15) is 26.3 Å². The largest absolute Gasteiger partial charge is 0.208 e. The van der Waals surface area contributed by atoms with Gasteiger partial charge in [-0.3, -0.25) is 0 Å². The van der Waals surface area contributed by atoms with Crippen LogP contribution >= 0.6 is 0 Å². The topological polar surface area (TPSA) is 77.3 Å². The molecule has 10 aromatic carbocycles. The minimum Gasteiger partial charge on any atom is -0.208 e. The zero-order valence-corrected chi connectivity index (χ0v) is 37.9. The Kier molecular flexibility index (Phi) is 9.95. The molecule has 322 valence electrons. The molecule has 0 atom stereocenters. The van der Waals surface area contributed by atoms with Crippen molar-refractivity contribution < 1.29 is 0 Å². The standard InChI is InChI=1S/C62H44N6/c1-62(2,3)49-36-47-32-34-50-52(39-24-28-45(29-25-39)60-65-56(41-16-8-4-9-17-41)63-57(66-60)42-18-10-5-11-19-42)38-53(51-35-33-48(37-49)54(47)55(50)51)40-26-30-46(31-27-40)61-67-58(43-20-12-6-13-21-43)64-59(68-61)44-22-14-7-15-23-44/h4-38H,1-3H3. The molecule has 2 heterocycles. The Balaban J connectivity index is 1.00. The van der Waals surface area contributed by atoms with Gasteiger partial charge in [-0.25, -0.2) is 29.9 Å². The molecule has 0 N–H and O–H groups in total. The SMILES string of the molecule is CC(C)(C)c1cc2ccc3c(-c4ccc(-c5nc(-c6ccccc6)nc(-c6ccccc6)n5)cc4)cc(-c4ccc(-c5nc(-c6ccccc6)nc(-c6ccccc6)n5)cc4)c4ccc(c1)c2c34. The molecule has 6 heteroatoms. The molecule has 0 spiro atoms. The summed E-state index contributed by atoms with van der Waals surface area (Å²) in [5.41, 5.74) is 11.4. The van der Waals surface area contributed by atoms with Gasteiger partial charge in [0, 0.05) is 33.4 Å². The molecule has 12 rings (SSSR count). The molecule has 0 saturated heterocycles. The van der Waals surface area contributed by atoms with Crippen molar-refractivity contribution in [2.75, 3.05) is 0 Å². The lowest BCUT2D eigenvalue weighted by atomic mass is 9.81. The molecule has 0 aliphatic rings. The minimum absolute atomic E-state index is 0.00870. The third-order valence-electron chi connectivity index (χ3n) is 12.9. The van der Waals surface area contributed by atoms with Gasteiger partial charge in [0.05, 0.1) is 0 Å². The van der Waals surface area contributed by atoms with E-state index in [0.717, 1.165) is 55.6 Å². The maximum Gasteiger partial charge on any atom is 0.164 e. The zero-order chi connectivity index (χ0) is 45.8. The predicted molar refractivity (Wildman–Crippen MR) is 279 cm³/mol. The van der Waals surface area contributed by atoms with Gasteiger partial charge in [-0.2, -0.15) is 0 Å². The molecule has 0 aliphatic carbocycles. The number of hydrogen-bond acceptors (Lipinski definition) is 6. The fraction of sp³-hybridized carbons (Fsp3) is 0.0645. The van der Waals surface area contributed by atoms with Crippen LogP contribution in [0.4, 0.5) is 0 Å². The summed E-state index contributed by atoms with van der Waals surface area (Å²) in [4.78, 5) is 29.9. The van der Waals surface area contributed by atoms with Gasteiger partial charge < -0.3 is 0 Å². The van der Waals surface area contributed by atoms with E-state index in [2.05, 4.69) is 112 Å². The quantitative estimate of drug-likeness (QED) is 0.142. The Bertz CT molecular complexity index is 3420. The number of nitrogens with zero attached hydrogens (tertiary/aromatic N) is 6. The second kappa shape index (κ2) is 16.6. The molecule has 0 amide bonds. The normalized spacial score (nSPS) is 11.8. The van der Waals surface area contributed by atoms with Crippen LogP contribution < -0.4 is 0 Å². The summed E-state index contributed by atoms with van der Waals surface area (Å²) >= 11 is 0. The summed E-state index contributed by atoms with van der Waals surface area (Å²) < 4.78 is 0. The second-order valence-electron chi connectivity index (χ2n) is 18.4. The Morgan fingerprint density at radius 1 is 0.265 bits per heavy atom. The summed E-state index contributed by atoms with van der Waals surface area (Å²) in [5.74, 6) is 3.80. The zero-order valence-electron chi connectivity index (χ0n) is 37.9. The summed E-state index contributed by atoms with van der Waals surface area (Å²) in [7, 11) is 0. The first-order valence-corrected chi connectivity index (χ1v) is 23.0. The van der Waals surface area contributed by atoms with E-state index in [9.17, 15) is 0 Å². The molecular weight excluding hydrogens is 829 g/mol. The van der Waals surface area contributed by atoms with E-state index in [1.165, 1.54) is 37.9 Å². The van der Waals surface area contributed by atoms with Crippen molar-refractivity contribution in [3.63, 3.8) is 0 Å². The molecule has 2 aromatic heterocycles. The van der Waals surface area contributed by atoms with Gasteiger partial charge in [0.1, 0.15) is 0 Å². The highest BCUT2D eigenvalue weighted by molar-refractivity contribution is 6.28. The number of aromatic nitrogens is 6. The molecule has 0 radical (unpaired) electrons. The molecule has 12 aromatic rings. The van der Waals surface area contributed by atoms with Crippen LogP contribution in [0, 0.1) is 0 Å². The van der Waals surface area contributed by atoms with E-state index in [1.54, 1.807) is 0 Å². The second-order valence-corrected chi connectivity index (χ2v) is 18.4. The van der Waals surface area contributed by atoms with Gasteiger partial charge in [0.2, 0.25) is 0 Å². The van der Waals surface area contributed by atoms with Crippen LogP contribution in [0.5, 0.6) is 0 Å². The van der Waals surface area contributed by atoms with Crippen LogP contribution in [0.15, 0.2) is 212 Å². The molecule has 0 saturated carbocycles. The van der Waals surface area contributed by atoms with Crippen molar-refractivity contribution in [3.8, 4) is 90.6 Å². The fourth-order valence-corrected chi connectivity index (χ4v) is 9.30. The summed E-state index contributed by atoms with van der Waals surface area (Å²) in [6.45, 7) is 6.86. The number of rotatable bonds is 8. The van der Waals surface area contributed by atoms with Crippen molar-refractivity contribution >= 4 is 32.3 Å². The van der Waals surface area contributed by atoms with Gasteiger partial charge in [0.15, 0.2) is 34.9 Å². The van der Waals surface area contributed by atoms with Crippen LogP contribution in [0.2, 0.25) is 0 Å². The highest BCUT2D eigenvalue weighted by atomic mass is 15.0. The van der Waals surface area contributed by atoms with Crippen LogP contribution in [-0.4, -0.2) is 29.9 Å². The van der Waals surface area contributed by atoms with Gasteiger partial charge in [-0.1, -0.05) is 227 Å². The first kappa shape index (κ1) is 40.7. The molecular formula is C62H44N6. The first-order valence-electron chi connectivity index (χ1n) is 23.0. The first-order chi connectivity index (χ1) is 33.3. The van der Waals surface area contributed by atoms with E-state index in [1.807, 2.05) is 121 Å². The highest BCUT2D eigenvalue weighted by Crippen LogP contribution is 2.45. The van der Waals surface area contributed by atoms with Gasteiger partial charge in [0.25, 0.3) is 0 Å². The third kappa shape index (κ3) is 7.52. The smallest absolute Gasteiger partial charge is 0.164 e. The Hall–Kier alpha value is -8.74. The van der Waals surface area contributed by atoms with Crippen LogP contribution in [-0.2, 0) is 5.41 Å². The van der Waals surface area contributed by atoms with E-state index >= 15 is 0 Å². The van der Waals surface area contributed by atoms with Crippen molar-refractivity contribution in [1.82, 2.24) is 29.9 Å². The minimum atomic E-state index is 0.00870. The van der Waals surface area contributed by atoms with Crippen LogP contribution in [0.3, 0.4) is 0 Å². The van der Waals surface area contributed by atoms with E-state index < -0.39 is 0 Å². The van der Waals surface area contributed by atoms with Crippen molar-refractivity contribution in [2.45, 2.75) is 26.2 Å². The predicted octanol–water partition coefficient (Wildman–Crippen LogP) is 15.6. The third-order valence-corrected chi connectivity index (χ3v) is 12.9. The number of benzene rings is 10. The fourth-order valence-electron chi connectivity index (χ4n) is 9.30. The van der Waals surface area contributed by atoms with Gasteiger partial charge >= 0.3 is 0 Å². The van der Waals surface area contributed by atoms with Gasteiger partial charge in [-0.15, -0.1) is 0 Å².